The third kappa shape index (κ3) is 5.69. The Morgan fingerprint density at radius 1 is 0.509 bits per heavy atom. The number of allylic oxidation sites excluding steroid dienone is 6. The molecule has 4 heteroatoms. The third-order valence-electron chi connectivity index (χ3n) is 10.6. The first-order valence-electron chi connectivity index (χ1n) is 18.3. The largest absolute Gasteiger partial charge is 0.485 e. The highest BCUT2D eigenvalue weighted by atomic mass is 16.5. The van der Waals surface area contributed by atoms with Crippen LogP contribution in [0.1, 0.15) is 35.4 Å². The number of rotatable bonds is 6. The minimum atomic E-state index is -0.0235. The first kappa shape index (κ1) is 31.1. The van der Waals surface area contributed by atoms with Crippen LogP contribution in [0.2, 0.25) is 0 Å². The lowest BCUT2D eigenvalue weighted by atomic mass is 9.79. The molecule has 0 N–H and O–H groups in total. The van der Waals surface area contributed by atoms with Crippen LogP contribution >= 0.6 is 0 Å². The topological polar surface area (TPSA) is 47.9 Å². The van der Waals surface area contributed by atoms with Crippen molar-refractivity contribution in [3.05, 3.63) is 193 Å². The van der Waals surface area contributed by atoms with Gasteiger partial charge in [0.2, 0.25) is 0 Å². The van der Waals surface area contributed by atoms with Gasteiger partial charge in [-0.2, -0.15) is 0 Å². The Kier molecular flexibility index (Phi) is 7.72. The summed E-state index contributed by atoms with van der Waals surface area (Å²) in [6.07, 6.45) is 15.4. The summed E-state index contributed by atoms with van der Waals surface area (Å²) in [6.45, 7) is 0. The summed E-state index contributed by atoms with van der Waals surface area (Å²) < 4.78 is 6.39. The van der Waals surface area contributed by atoms with Crippen LogP contribution in [-0.4, -0.2) is 21.1 Å². The van der Waals surface area contributed by atoms with Crippen LogP contribution in [0.5, 0.6) is 5.75 Å². The summed E-state index contributed by atoms with van der Waals surface area (Å²) in [5.74, 6) is 3.02. The minimum Gasteiger partial charge on any atom is -0.485 e. The van der Waals surface area contributed by atoms with E-state index in [9.17, 15) is 0 Å². The molecule has 1 aromatic heterocycles. The summed E-state index contributed by atoms with van der Waals surface area (Å²) in [4.78, 5) is 15.5. The van der Waals surface area contributed by atoms with Crippen LogP contribution in [-0.2, 0) is 0 Å². The molecule has 0 fully saturated rings. The molecule has 0 saturated heterocycles. The molecule has 2 atom stereocenters. The molecule has 252 valence electrons. The second kappa shape index (κ2) is 13.2. The van der Waals surface area contributed by atoms with Gasteiger partial charge in [0.1, 0.15) is 11.9 Å². The van der Waals surface area contributed by atoms with E-state index in [1.165, 1.54) is 33.4 Å². The highest BCUT2D eigenvalue weighted by Crippen LogP contribution is 2.49. The summed E-state index contributed by atoms with van der Waals surface area (Å²) in [6, 6.07) is 49.0. The number of para-hydroxylation sites is 1. The van der Waals surface area contributed by atoms with Crippen molar-refractivity contribution in [3.8, 4) is 51.0 Å². The maximum Gasteiger partial charge on any atom is 0.164 e. The van der Waals surface area contributed by atoms with Gasteiger partial charge in [-0.3, -0.25) is 0 Å². The molecule has 0 radical (unpaired) electrons. The SMILES string of the molecule is C1=CC2Oc3ccccc3C2C(c2ccc(-c3nc(-c4ccc(C5=CCCC=C5)cc4)nc(-c4ccc(-c5ccccc5)cc4)n3)c3ccccc23)=C1. The van der Waals surface area contributed by atoms with Gasteiger partial charge in [-0.1, -0.05) is 158 Å². The van der Waals surface area contributed by atoms with E-state index in [1.807, 2.05) is 12.1 Å². The molecule has 0 spiro atoms. The van der Waals surface area contributed by atoms with E-state index >= 15 is 0 Å². The summed E-state index contributed by atoms with van der Waals surface area (Å²) >= 11 is 0. The minimum absolute atomic E-state index is 0.0235. The van der Waals surface area contributed by atoms with Gasteiger partial charge in [-0.05, 0) is 75.2 Å². The quantitative estimate of drug-likeness (QED) is 0.175. The summed E-state index contributed by atoms with van der Waals surface area (Å²) in [5.41, 5.74) is 11.3. The van der Waals surface area contributed by atoms with Crippen LogP contribution < -0.4 is 4.74 Å². The van der Waals surface area contributed by atoms with E-state index in [4.69, 9.17) is 19.7 Å². The van der Waals surface area contributed by atoms with Crippen molar-refractivity contribution in [1.82, 2.24) is 15.0 Å². The molecule has 10 rings (SSSR count). The maximum absolute atomic E-state index is 6.39. The molecule has 1 aliphatic heterocycles. The summed E-state index contributed by atoms with van der Waals surface area (Å²) in [5, 5.41) is 2.25. The zero-order valence-electron chi connectivity index (χ0n) is 29.1. The molecule has 6 aromatic carbocycles. The van der Waals surface area contributed by atoms with Gasteiger partial charge in [0, 0.05) is 22.3 Å². The van der Waals surface area contributed by atoms with Gasteiger partial charge >= 0.3 is 0 Å². The molecule has 3 aliphatic rings. The smallest absolute Gasteiger partial charge is 0.164 e. The highest BCUT2D eigenvalue weighted by molar-refractivity contribution is 6.03. The number of hydrogen-bond donors (Lipinski definition) is 0. The Hall–Kier alpha value is -6.65. The number of hydrogen-bond acceptors (Lipinski definition) is 4. The molecule has 53 heavy (non-hydrogen) atoms. The van der Waals surface area contributed by atoms with Crippen LogP contribution in [0.4, 0.5) is 0 Å². The van der Waals surface area contributed by atoms with Gasteiger partial charge in [0.15, 0.2) is 17.5 Å². The van der Waals surface area contributed by atoms with Crippen molar-refractivity contribution in [2.75, 3.05) is 0 Å². The number of nitrogens with zero attached hydrogens (tertiary/aromatic N) is 3. The Morgan fingerprint density at radius 3 is 1.85 bits per heavy atom. The van der Waals surface area contributed by atoms with Crippen molar-refractivity contribution < 1.29 is 4.74 Å². The van der Waals surface area contributed by atoms with Crippen molar-refractivity contribution in [1.29, 1.82) is 0 Å². The van der Waals surface area contributed by atoms with Crippen LogP contribution in [0.15, 0.2) is 176 Å². The van der Waals surface area contributed by atoms with Gasteiger partial charge in [-0.25, -0.2) is 15.0 Å². The van der Waals surface area contributed by atoms with Crippen molar-refractivity contribution in [2.24, 2.45) is 0 Å². The lowest BCUT2D eigenvalue weighted by Crippen LogP contribution is -2.19. The maximum atomic E-state index is 6.39. The fraction of sp³-hybridized carbons (Fsp3) is 0.0816. The Labute approximate surface area is 309 Å². The molecule has 4 nitrogen and oxygen atoms in total. The number of aromatic nitrogens is 3. The second-order valence-corrected chi connectivity index (χ2v) is 13.8. The van der Waals surface area contributed by atoms with Gasteiger partial charge in [0.05, 0.1) is 5.92 Å². The van der Waals surface area contributed by atoms with E-state index in [2.05, 4.69) is 164 Å². The Bertz CT molecular complexity index is 2630. The predicted octanol–water partition coefficient (Wildman–Crippen LogP) is 11.9. The van der Waals surface area contributed by atoms with Gasteiger partial charge in [-0.15, -0.1) is 0 Å². The standard InChI is InChI=1S/C49H35N3O/c1-3-12-32(13-4-1)34-22-26-36(27-23-34)47-50-48(37-28-24-35(25-29-37)33-14-5-2-6-15-33)52-49(51-47)42-31-30-40(38-16-7-8-17-39(38)42)41-19-11-21-45-46(41)43-18-9-10-20-44(43)53-45/h1,3-5,7-31,45-46H,2,6H2. The molecule has 2 heterocycles. The van der Waals surface area contributed by atoms with Crippen LogP contribution in [0.25, 0.3) is 67.2 Å². The first-order chi connectivity index (χ1) is 26.3. The molecule has 0 bridgehead atoms. The monoisotopic (exact) mass is 681 g/mol. The molecule has 0 saturated carbocycles. The second-order valence-electron chi connectivity index (χ2n) is 13.8. The first-order valence-corrected chi connectivity index (χ1v) is 18.3. The lowest BCUT2D eigenvalue weighted by Gasteiger charge is -2.24. The average Bonchev–Trinajstić information content (AvgIpc) is 3.63. The van der Waals surface area contributed by atoms with Gasteiger partial charge in [0.25, 0.3) is 0 Å². The van der Waals surface area contributed by atoms with Crippen molar-refractivity contribution in [3.63, 3.8) is 0 Å². The normalized spacial score (nSPS) is 17.1. The van der Waals surface area contributed by atoms with Crippen molar-refractivity contribution in [2.45, 2.75) is 24.9 Å². The van der Waals surface area contributed by atoms with E-state index in [-0.39, 0.29) is 12.0 Å². The Morgan fingerprint density at radius 2 is 1.11 bits per heavy atom. The lowest BCUT2D eigenvalue weighted by molar-refractivity contribution is 0.271. The zero-order valence-corrected chi connectivity index (χ0v) is 29.1. The third-order valence-corrected chi connectivity index (χ3v) is 10.6. The fourth-order valence-electron chi connectivity index (χ4n) is 7.94. The molecular weight excluding hydrogens is 647 g/mol. The van der Waals surface area contributed by atoms with Crippen LogP contribution in [0, 0.1) is 0 Å². The van der Waals surface area contributed by atoms with E-state index in [0.29, 0.717) is 17.5 Å². The van der Waals surface area contributed by atoms with E-state index in [1.54, 1.807) is 0 Å². The van der Waals surface area contributed by atoms with E-state index < -0.39 is 0 Å². The predicted molar refractivity (Wildman–Crippen MR) is 216 cm³/mol. The number of benzene rings is 6. The molecule has 2 aliphatic carbocycles. The van der Waals surface area contributed by atoms with E-state index in [0.717, 1.165) is 51.6 Å². The van der Waals surface area contributed by atoms with Crippen LogP contribution in [0.3, 0.4) is 0 Å². The molecular formula is C49H35N3O. The van der Waals surface area contributed by atoms with Crippen molar-refractivity contribution >= 4 is 21.9 Å². The Balaban J connectivity index is 1.10. The number of ether oxygens (including phenoxy) is 1. The average molecular weight is 682 g/mol. The molecule has 7 aromatic rings. The summed E-state index contributed by atoms with van der Waals surface area (Å²) in [7, 11) is 0. The molecule has 0 amide bonds. The zero-order chi connectivity index (χ0) is 35.1. The fourth-order valence-corrected chi connectivity index (χ4v) is 7.94. The number of fused-ring (bicyclic) bond motifs is 4. The van der Waals surface area contributed by atoms with Gasteiger partial charge < -0.3 is 4.74 Å². The highest BCUT2D eigenvalue weighted by Gasteiger charge is 2.37. The molecule has 2 unspecified atom stereocenters.